The van der Waals surface area contributed by atoms with Crippen LogP contribution >= 0.6 is 0 Å². The van der Waals surface area contributed by atoms with Crippen molar-refractivity contribution < 1.29 is 13.9 Å². The molecule has 3 heteroatoms. The Balaban J connectivity index is 2.12. The molecule has 0 spiro atoms. The minimum atomic E-state index is -0.513. The van der Waals surface area contributed by atoms with Gasteiger partial charge in [-0.3, -0.25) is 4.79 Å². The van der Waals surface area contributed by atoms with E-state index in [1.807, 2.05) is 37.3 Å². The van der Waals surface area contributed by atoms with E-state index in [1.54, 1.807) is 18.4 Å². The molecule has 0 saturated carbocycles. The summed E-state index contributed by atoms with van der Waals surface area (Å²) in [7, 11) is 0. The maximum Gasteiger partial charge on any atom is 0.173 e. The third-order valence-electron chi connectivity index (χ3n) is 2.66. The van der Waals surface area contributed by atoms with E-state index in [4.69, 9.17) is 9.15 Å². The number of hydrogen-bond acceptors (Lipinski definition) is 3. The van der Waals surface area contributed by atoms with Gasteiger partial charge in [-0.25, -0.2) is 0 Å². The van der Waals surface area contributed by atoms with Crippen molar-refractivity contribution in [1.29, 1.82) is 0 Å². The molecule has 0 aliphatic rings. The van der Waals surface area contributed by atoms with Crippen molar-refractivity contribution >= 4 is 5.78 Å². The number of benzene rings is 1. The van der Waals surface area contributed by atoms with E-state index in [1.165, 1.54) is 0 Å². The minimum absolute atomic E-state index is 0.0120. The van der Waals surface area contributed by atoms with Crippen LogP contribution in [-0.4, -0.2) is 12.4 Å². The lowest BCUT2D eigenvalue weighted by Gasteiger charge is -2.15. The first-order chi connectivity index (χ1) is 8.81. The van der Waals surface area contributed by atoms with E-state index in [0.717, 1.165) is 5.56 Å². The van der Waals surface area contributed by atoms with Gasteiger partial charge in [-0.15, -0.1) is 0 Å². The van der Waals surface area contributed by atoms with Gasteiger partial charge in [-0.1, -0.05) is 30.3 Å². The molecule has 0 aliphatic carbocycles. The van der Waals surface area contributed by atoms with E-state index in [-0.39, 0.29) is 12.2 Å². The lowest BCUT2D eigenvalue weighted by atomic mass is 10.0. The molecule has 0 amide bonds. The van der Waals surface area contributed by atoms with Gasteiger partial charge >= 0.3 is 0 Å². The zero-order chi connectivity index (χ0) is 12.8. The van der Waals surface area contributed by atoms with Gasteiger partial charge in [0.15, 0.2) is 5.78 Å². The molecule has 1 atom stereocenters. The van der Waals surface area contributed by atoms with Crippen molar-refractivity contribution in [2.45, 2.75) is 19.4 Å². The summed E-state index contributed by atoms with van der Waals surface area (Å²) in [5, 5.41) is 0. The minimum Gasteiger partial charge on any atom is -0.469 e. The first-order valence-electron chi connectivity index (χ1n) is 6.03. The van der Waals surface area contributed by atoms with Gasteiger partial charge in [0.05, 0.1) is 12.7 Å². The second-order valence-electron chi connectivity index (χ2n) is 3.97. The first-order valence-corrected chi connectivity index (χ1v) is 6.03. The predicted molar refractivity (Wildman–Crippen MR) is 68.2 cm³/mol. The molecular formula is C15H16O3. The molecule has 2 aromatic rings. The van der Waals surface area contributed by atoms with Crippen LogP contribution in [0.5, 0.6) is 0 Å². The summed E-state index contributed by atoms with van der Waals surface area (Å²) < 4.78 is 10.7. The van der Waals surface area contributed by atoms with Crippen molar-refractivity contribution in [1.82, 2.24) is 0 Å². The smallest absolute Gasteiger partial charge is 0.173 e. The lowest BCUT2D eigenvalue weighted by molar-refractivity contribution is -0.130. The Kier molecular flexibility index (Phi) is 4.31. The summed E-state index contributed by atoms with van der Waals surface area (Å²) in [5.74, 6) is 0.679. The van der Waals surface area contributed by atoms with Gasteiger partial charge in [-0.05, 0) is 24.6 Å². The number of carbonyl (C=O) groups is 1. The average Bonchev–Trinajstić information content (AvgIpc) is 2.89. The van der Waals surface area contributed by atoms with Crippen molar-refractivity contribution in [2.24, 2.45) is 0 Å². The molecule has 0 saturated heterocycles. The molecule has 18 heavy (non-hydrogen) atoms. The van der Waals surface area contributed by atoms with Gasteiger partial charge in [0.25, 0.3) is 0 Å². The summed E-state index contributed by atoms with van der Waals surface area (Å²) in [5.41, 5.74) is 0.885. The van der Waals surface area contributed by atoms with Crippen LogP contribution < -0.4 is 0 Å². The largest absolute Gasteiger partial charge is 0.469 e. The number of rotatable bonds is 6. The number of furan rings is 1. The highest BCUT2D eigenvalue weighted by atomic mass is 16.5. The Labute approximate surface area is 106 Å². The third kappa shape index (κ3) is 3.08. The Morgan fingerprint density at radius 3 is 2.61 bits per heavy atom. The number of Topliss-reactive ketones (excluding diaryl/α,β-unsaturated/α-hetero) is 1. The first kappa shape index (κ1) is 12.6. The summed E-state index contributed by atoms with van der Waals surface area (Å²) in [6, 6.07) is 13.1. The molecular weight excluding hydrogens is 228 g/mol. The Hall–Kier alpha value is -1.87. The van der Waals surface area contributed by atoms with Crippen LogP contribution in [-0.2, 0) is 16.0 Å². The van der Waals surface area contributed by atoms with Crippen molar-refractivity contribution in [2.75, 3.05) is 6.61 Å². The third-order valence-corrected chi connectivity index (χ3v) is 2.66. The second-order valence-corrected chi connectivity index (χ2v) is 3.97. The van der Waals surface area contributed by atoms with Crippen LogP contribution in [0.3, 0.4) is 0 Å². The monoisotopic (exact) mass is 244 g/mol. The molecule has 94 valence electrons. The molecule has 1 unspecified atom stereocenters. The van der Waals surface area contributed by atoms with Crippen LogP contribution in [0.2, 0.25) is 0 Å². The molecule has 3 nitrogen and oxygen atoms in total. The molecule has 1 heterocycles. The van der Waals surface area contributed by atoms with Gasteiger partial charge in [0, 0.05) is 6.61 Å². The fourth-order valence-corrected chi connectivity index (χ4v) is 1.85. The fraction of sp³-hybridized carbons (Fsp3) is 0.267. The number of carbonyl (C=O) groups excluding carboxylic acids is 1. The molecule has 0 radical (unpaired) electrons. The predicted octanol–water partition coefficient (Wildman–Crippen LogP) is 3.17. The van der Waals surface area contributed by atoms with Gasteiger partial charge in [-0.2, -0.15) is 0 Å². The van der Waals surface area contributed by atoms with E-state index in [9.17, 15) is 4.79 Å². The van der Waals surface area contributed by atoms with Crippen molar-refractivity contribution in [3.8, 4) is 0 Å². The Bertz CT molecular complexity index is 474. The molecule has 0 bridgehead atoms. The van der Waals surface area contributed by atoms with Crippen molar-refractivity contribution in [3.05, 3.63) is 60.1 Å². The summed E-state index contributed by atoms with van der Waals surface area (Å²) in [6.07, 6.45) is 1.31. The molecule has 0 N–H and O–H groups in total. The Morgan fingerprint density at radius 2 is 2.00 bits per heavy atom. The maximum atomic E-state index is 12.2. The van der Waals surface area contributed by atoms with Crippen LogP contribution in [0, 0.1) is 0 Å². The van der Waals surface area contributed by atoms with Crippen LogP contribution in [0.1, 0.15) is 24.4 Å². The lowest BCUT2D eigenvalue weighted by Crippen LogP contribution is -2.18. The van der Waals surface area contributed by atoms with E-state index < -0.39 is 6.10 Å². The zero-order valence-electron chi connectivity index (χ0n) is 10.3. The highest BCUT2D eigenvalue weighted by Crippen LogP contribution is 2.20. The van der Waals surface area contributed by atoms with Crippen LogP contribution in [0.4, 0.5) is 0 Å². The van der Waals surface area contributed by atoms with E-state index >= 15 is 0 Å². The summed E-state index contributed by atoms with van der Waals surface area (Å²) in [6.45, 7) is 2.39. The highest BCUT2D eigenvalue weighted by molar-refractivity contribution is 5.85. The molecule has 2 rings (SSSR count). The average molecular weight is 244 g/mol. The molecule has 1 aromatic carbocycles. The fourth-order valence-electron chi connectivity index (χ4n) is 1.85. The maximum absolute atomic E-state index is 12.2. The second kappa shape index (κ2) is 6.17. The highest BCUT2D eigenvalue weighted by Gasteiger charge is 2.21. The van der Waals surface area contributed by atoms with Gasteiger partial charge < -0.3 is 9.15 Å². The van der Waals surface area contributed by atoms with Crippen LogP contribution in [0.15, 0.2) is 53.1 Å². The van der Waals surface area contributed by atoms with Crippen molar-refractivity contribution in [3.63, 3.8) is 0 Å². The van der Waals surface area contributed by atoms with Gasteiger partial charge in [0.1, 0.15) is 11.9 Å². The summed E-state index contributed by atoms with van der Waals surface area (Å²) >= 11 is 0. The Morgan fingerprint density at radius 1 is 1.22 bits per heavy atom. The number of ether oxygens (including phenoxy) is 1. The summed E-state index contributed by atoms with van der Waals surface area (Å²) in [4.78, 5) is 12.2. The molecule has 0 fully saturated rings. The topological polar surface area (TPSA) is 39.4 Å². The van der Waals surface area contributed by atoms with E-state index in [0.29, 0.717) is 12.4 Å². The quantitative estimate of drug-likeness (QED) is 0.783. The van der Waals surface area contributed by atoms with E-state index in [2.05, 4.69) is 0 Å². The normalized spacial score (nSPS) is 12.3. The van der Waals surface area contributed by atoms with Gasteiger partial charge in [0.2, 0.25) is 0 Å². The standard InChI is InChI=1S/C15H16O3/c1-2-17-15(12-7-4-3-5-8-12)14(16)11-13-9-6-10-18-13/h3-10,15H,2,11H2,1H3. The SMILES string of the molecule is CCOC(C(=O)Cc1ccco1)c1ccccc1. The zero-order valence-corrected chi connectivity index (χ0v) is 10.3. The molecule has 0 aliphatic heterocycles. The van der Waals surface area contributed by atoms with Crippen LogP contribution in [0.25, 0.3) is 0 Å². The number of hydrogen-bond donors (Lipinski definition) is 0. The number of ketones is 1. The molecule has 1 aromatic heterocycles.